The monoisotopic (exact) mass is 256 g/mol. The normalized spacial score (nSPS) is 20.5. The maximum atomic E-state index is 12.7. The number of rotatable bonds is 1. The van der Waals surface area contributed by atoms with Crippen molar-refractivity contribution < 1.29 is 13.2 Å². The van der Waals surface area contributed by atoms with Gasteiger partial charge in [-0.05, 0) is 36.6 Å². The summed E-state index contributed by atoms with van der Waals surface area (Å²) in [5.41, 5.74) is 1.29. The highest BCUT2D eigenvalue weighted by atomic mass is 19.4. The topological polar surface area (TPSA) is 15.3 Å². The summed E-state index contributed by atoms with van der Waals surface area (Å²) in [4.78, 5) is 2.25. The van der Waals surface area contributed by atoms with Crippen molar-refractivity contribution in [3.63, 3.8) is 0 Å². The van der Waals surface area contributed by atoms with Crippen molar-refractivity contribution in [3.8, 4) is 0 Å². The second-order valence-corrected chi connectivity index (χ2v) is 4.95. The third kappa shape index (κ3) is 1.96. The van der Waals surface area contributed by atoms with Crippen LogP contribution in [0.25, 0.3) is 0 Å². The molecule has 1 saturated heterocycles. The first kappa shape index (κ1) is 11.8. The third-order valence-electron chi connectivity index (χ3n) is 3.76. The molecule has 0 atom stereocenters. The lowest BCUT2D eigenvalue weighted by Crippen LogP contribution is -2.58. The summed E-state index contributed by atoms with van der Waals surface area (Å²) in [5.74, 6) is 0. The lowest BCUT2D eigenvalue weighted by Gasteiger charge is -2.43. The molecule has 0 aliphatic carbocycles. The summed E-state index contributed by atoms with van der Waals surface area (Å²) in [6.45, 7) is 2.81. The minimum absolute atomic E-state index is 0.445. The van der Waals surface area contributed by atoms with Crippen LogP contribution in [-0.4, -0.2) is 25.7 Å². The third-order valence-corrected chi connectivity index (χ3v) is 3.76. The van der Waals surface area contributed by atoms with E-state index in [2.05, 4.69) is 10.2 Å². The van der Waals surface area contributed by atoms with Gasteiger partial charge < -0.3 is 10.2 Å². The lowest BCUT2D eigenvalue weighted by atomic mass is 9.96. The highest BCUT2D eigenvalue weighted by molar-refractivity contribution is 5.58. The molecule has 18 heavy (non-hydrogen) atoms. The first-order chi connectivity index (χ1) is 8.55. The summed E-state index contributed by atoms with van der Waals surface area (Å²) in [5, 5.41) is 3.20. The molecule has 0 bridgehead atoms. The zero-order valence-corrected chi connectivity index (χ0v) is 9.93. The standard InChI is InChI=1S/C13H15F3N2/c14-13(15,16)10-3-4-12-9(6-10)2-1-5-18(12)11-7-17-8-11/h3-4,6,11,17H,1-2,5,7-8H2. The largest absolute Gasteiger partial charge is 0.416 e. The van der Waals surface area contributed by atoms with E-state index >= 15 is 0 Å². The molecular weight excluding hydrogens is 241 g/mol. The molecule has 5 heteroatoms. The molecule has 98 valence electrons. The molecule has 0 aromatic heterocycles. The van der Waals surface area contributed by atoms with Crippen molar-refractivity contribution in [2.45, 2.75) is 25.1 Å². The Morgan fingerprint density at radius 1 is 1.22 bits per heavy atom. The first-order valence-electron chi connectivity index (χ1n) is 6.23. The van der Waals surface area contributed by atoms with Crippen molar-refractivity contribution in [1.82, 2.24) is 5.32 Å². The van der Waals surface area contributed by atoms with Crippen LogP contribution in [0.4, 0.5) is 18.9 Å². The Bertz CT molecular complexity index is 452. The summed E-state index contributed by atoms with van der Waals surface area (Å²) >= 11 is 0. The summed E-state index contributed by atoms with van der Waals surface area (Å²) < 4.78 is 38.0. The van der Waals surface area contributed by atoms with Gasteiger partial charge in [0.05, 0.1) is 11.6 Å². The van der Waals surface area contributed by atoms with Crippen LogP contribution in [-0.2, 0) is 12.6 Å². The molecule has 2 aliphatic rings. The van der Waals surface area contributed by atoms with Crippen molar-refractivity contribution in [2.75, 3.05) is 24.5 Å². The van der Waals surface area contributed by atoms with Gasteiger partial charge in [-0.3, -0.25) is 0 Å². The van der Waals surface area contributed by atoms with Crippen molar-refractivity contribution in [1.29, 1.82) is 0 Å². The summed E-state index contributed by atoms with van der Waals surface area (Å²) in [7, 11) is 0. The van der Waals surface area contributed by atoms with Crippen LogP contribution in [0.2, 0.25) is 0 Å². The molecule has 2 nitrogen and oxygen atoms in total. The Balaban J connectivity index is 1.94. The van der Waals surface area contributed by atoms with Crippen LogP contribution in [0.15, 0.2) is 18.2 Å². The van der Waals surface area contributed by atoms with Crippen molar-refractivity contribution >= 4 is 5.69 Å². The van der Waals surface area contributed by atoms with Crippen LogP contribution < -0.4 is 10.2 Å². The maximum Gasteiger partial charge on any atom is 0.416 e. The van der Waals surface area contributed by atoms with E-state index in [1.807, 2.05) is 0 Å². The molecule has 2 heterocycles. The minimum Gasteiger partial charge on any atom is -0.366 e. The zero-order valence-electron chi connectivity index (χ0n) is 9.93. The van der Waals surface area contributed by atoms with Crippen LogP contribution in [0, 0.1) is 0 Å². The van der Waals surface area contributed by atoms with Crippen LogP contribution >= 0.6 is 0 Å². The van der Waals surface area contributed by atoms with Crippen molar-refractivity contribution in [2.24, 2.45) is 0 Å². The number of benzene rings is 1. The molecule has 1 aromatic rings. The van der Waals surface area contributed by atoms with E-state index in [1.54, 1.807) is 6.07 Å². The Labute approximate surface area is 104 Å². The highest BCUT2D eigenvalue weighted by Gasteiger charge is 2.33. The number of nitrogens with one attached hydrogen (secondary N) is 1. The second-order valence-electron chi connectivity index (χ2n) is 4.95. The number of hydrogen-bond donors (Lipinski definition) is 1. The molecule has 1 aromatic carbocycles. The van der Waals surface area contributed by atoms with E-state index in [0.29, 0.717) is 6.04 Å². The number of alkyl halides is 3. The van der Waals surface area contributed by atoms with Gasteiger partial charge in [-0.1, -0.05) is 0 Å². The van der Waals surface area contributed by atoms with E-state index in [1.165, 1.54) is 12.1 Å². The van der Waals surface area contributed by atoms with Gasteiger partial charge in [0.25, 0.3) is 0 Å². The van der Waals surface area contributed by atoms with Gasteiger partial charge in [0.2, 0.25) is 0 Å². The summed E-state index contributed by atoms with van der Waals surface area (Å²) in [6, 6.07) is 4.59. The van der Waals surface area contributed by atoms with E-state index in [-0.39, 0.29) is 0 Å². The van der Waals surface area contributed by atoms with E-state index in [9.17, 15) is 13.2 Å². The predicted octanol–water partition coefficient (Wildman–Crippen LogP) is 2.43. The number of fused-ring (bicyclic) bond motifs is 1. The number of hydrogen-bond acceptors (Lipinski definition) is 2. The highest BCUT2D eigenvalue weighted by Crippen LogP contribution is 2.36. The van der Waals surface area contributed by atoms with Crippen molar-refractivity contribution in [3.05, 3.63) is 29.3 Å². The average Bonchev–Trinajstić information content (AvgIpc) is 2.25. The molecule has 3 rings (SSSR count). The quantitative estimate of drug-likeness (QED) is 0.830. The Hall–Kier alpha value is -1.23. The van der Waals surface area contributed by atoms with Gasteiger partial charge >= 0.3 is 6.18 Å². The molecular formula is C13H15F3N2. The van der Waals surface area contributed by atoms with E-state index < -0.39 is 11.7 Å². The van der Waals surface area contributed by atoms with Crippen LogP contribution in [0.3, 0.4) is 0 Å². The molecule has 1 N–H and O–H groups in total. The van der Waals surface area contributed by atoms with Gasteiger partial charge in [-0.2, -0.15) is 13.2 Å². The number of aryl methyl sites for hydroxylation is 1. The molecule has 0 saturated carbocycles. The van der Waals surface area contributed by atoms with Gasteiger partial charge in [0.1, 0.15) is 0 Å². The fourth-order valence-electron chi connectivity index (χ4n) is 2.68. The first-order valence-corrected chi connectivity index (χ1v) is 6.23. The average molecular weight is 256 g/mol. The number of nitrogens with zero attached hydrogens (tertiary/aromatic N) is 1. The molecule has 2 aliphatic heterocycles. The van der Waals surface area contributed by atoms with Gasteiger partial charge in [0, 0.05) is 25.3 Å². The minimum atomic E-state index is -4.24. The maximum absolute atomic E-state index is 12.7. The molecule has 0 amide bonds. The fourth-order valence-corrected chi connectivity index (χ4v) is 2.68. The van der Waals surface area contributed by atoms with Crippen LogP contribution in [0.5, 0.6) is 0 Å². The number of halogens is 3. The Kier molecular flexibility index (Phi) is 2.73. The Morgan fingerprint density at radius 2 is 2.00 bits per heavy atom. The van der Waals surface area contributed by atoms with E-state index in [4.69, 9.17) is 0 Å². The molecule has 0 spiro atoms. The molecule has 0 unspecified atom stereocenters. The summed E-state index contributed by atoms with van der Waals surface area (Å²) in [6.07, 6.45) is -2.56. The molecule has 0 radical (unpaired) electrons. The van der Waals surface area contributed by atoms with Gasteiger partial charge in [0.15, 0.2) is 0 Å². The second kappa shape index (κ2) is 4.16. The fraction of sp³-hybridized carbons (Fsp3) is 0.538. The SMILES string of the molecule is FC(F)(F)c1ccc2c(c1)CCCN2C1CNC1. The number of anilines is 1. The Morgan fingerprint density at radius 3 is 2.61 bits per heavy atom. The molecule has 1 fully saturated rings. The lowest BCUT2D eigenvalue weighted by molar-refractivity contribution is -0.137. The van der Waals surface area contributed by atoms with Crippen LogP contribution in [0.1, 0.15) is 17.5 Å². The predicted molar refractivity (Wildman–Crippen MR) is 63.8 cm³/mol. The zero-order chi connectivity index (χ0) is 12.8. The smallest absolute Gasteiger partial charge is 0.366 e. The van der Waals surface area contributed by atoms with Gasteiger partial charge in [-0.15, -0.1) is 0 Å². The van der Waals surface area contributed by atoms with Gasteiger partial charge in [-0.25, -0.2) is 0 Å². The van der Waals surface area contributed by atoms with E-state index in [0.717, 1.165) is 43.7 Å².